The molecule has 0 unspecified atom stereocenters. The van der Waals surface area contributed by atoms with Crippen molar-refractivity contribution in [2.45, 2.75) is 65.1 Å². The lowest BCUT2D eigenvalue weighted by atomic mass is 9.87. The second-order valence-corrected chi connectivity index (χ2v) is 16.8. The Morgan fingerprint density at radius 2 is 1.64 bits per heavy atom. The predicted molar refractivity (Wildman–Crippen MR) is 192 cm³/mol. The molecule has 15 heteroatoms. The van der Waals surface area contributed by atoms with E-state index in [-0.39, 0.29) is 49.8 Å². The van der Waals surface area contributed by atoms with E-state index in [0.717, 1.165) is 35.3 Å². The van der Waals surface area contributed by atoms with Crippen molar-refractivity contribution >= 4 is 60.9 Å². The number of anilines is 1. The van der Waals surface area contributed by atoms with Crippen LogP contribution in [0, 0.1) is 17.0 Å². The first-order chi connectivity index (χ1) is 23.5. The fraction of sp³-hybridized carbons (Fsp3) is 0.400. The highest BCUT2D eigenvalue weighted by Crippen LogP contribution is 2.41. The molecule has 50 heavy (non-hydrogen) atoms. The van der Waals surface area contributed by atoms with Gasteiger partial charge in [-0.3, -0.25) is 9.52 Å². The number of halogens is 3. The van der Waals surface area contributed by atoms with Gasteiger partial charge in [0.25, 0.3) is 5.91 Å². The fourth-order valence-electron chi connectivity index (χ4n) is 6.36. The minimum atomic E-state index is -3.51. The van der Waals surface area contributed by atoms with Crippen LogP contribution in [-0.2, 0) is 16.6 Å². The molecule has 1 aliphatic rings. The smallest absolute Gasteiger partial charge is 0.407 e. The highest BCUT2D eigenvalue weighted by molar-refractivity contribution is 7.92. The summed E-state index contributed by atoms with van der Waals surface area (Å²) in [4.78, 5) is 34.0. The number of pyridine rings is 1. The molecule has 1 fully saturated rings. The van der Waals surface area contributed by atoms with Gasteiger partial charge in [-0.05, 0) is 73.1 Å². The van der Waals surface area contributed by atoms with Crippen molar-refractivity contribution in [3.8, 4) is 16.9 Å². The largest absolute Gasteiger partial charge is 0.496 e. The molecule has 1 aliphatic carbocycles. The van der Waals surface area contributed by atoms with Crippen molar-refractivity contribution in [3.05, 3.63) is 75.8 Å². The Morgan fingerprint density at radius 1 is 1.02 bits per heavy atom. The average molecular weight is 749 g/mol. The molecule has 2 aromatic heterocycles. The molecule has 2 N–H and O–H groups in total. The molecular formula is C35H39ClF2N4O6S2. The average Bonchev–Trinajstić information content (AvgIpc) is 3.41. The van der Waals surface area contributed by atoms with E-state index in [4.69, 9.17) is 16.3 Å². The van der Waals surface area contributed by atoms with Crippen LogP contribution in [0.1, 0.15) is 61.7 Å². The molecule has 0 atom stereocenters. The number of carbonyl (C=O) groups excluding carboxylic acids is 1. The summed E-state index contributed by atoms with van der Waals surface area (Å²) in [6.07, 6.45) is 3.55. The van der Waals surface area contributed by atoms with Gasteiger partial charge >= 0.3 is 6.09 Å². The van der Waals surface area contributed by atoms with E-state index in [0.29, 0.717) is 49.1 Å². The maximum Gasteiger partial charge on any atom is 0.407 e. The molecule has 0 radical (unpaired) electrons. The number of nitrogens with one attached hydrogen (secondary N) is 1. The molecule has 2 heterocycles. The number of nitrogens with zero attached hydrogens (tertiary/aromatic N) is 3. The molecule has 1 saturated carbocycles. The van der Waals surface area contributed by atoms with Gasteiger partial charge in [0.1, 0.15) is 28.1 Å². The molecule has 0 bridgehead atoms. The summed E-state index contributed by atoms with van der Waals surface area (Å²) < 4.78 is 60.9. The number of hydrogen-bond acceptors (Lipinski definition) is 7. The van der Waals surface area contributed by atoms with Gasteiger partial charge in [-0.25, -0.2) is 27.0 Å². The molecule has 268 valence electrons. The van der Waals surface area contributed by atoms with Gasteiger partial charge in [-0.2, -0.15) is 0 Å². The summed E-state index contributed by atoms with van der Waals surface area (Å²) in [6, 6.07) is 10.0. The minimum Gasteiger partial charge on any atom is -0.496 e. The zero-order valence-corrected chi connectivity index (χ0v) is 30.7. The van der Waals surface area contributed by atoms with E-state index in [1.807, 2.05) is 32.9 Å². The number of rotatable bonds is 10. The second kappa shape index (κ2) is 14.7. The topological polar surface area (TPSA) is 129 Å². The summed E-state index contributed by atoms with van der Waals surface area (Å²) in [6.45, 7) is 6.35. The van der Waals surface area contributed by atoms with Crippen LogP contribution in [0.5, 0.6) is 5.75 Å². The number of aromatic nitrogens is 1. The van der Waals surface area contributed by atoms with E-state index >= 15 is 0 Å². The van der Waals surface area contributed by atoms with E-state index in [1.54, 1.807) is 17.0 Å². The lowest BCUT2D eigenvalue weighted by Gasteiger charge is -2.41. The maximum absolute atomic E-state index is 14.8. The Morgan fingerprint density at radius 3 is 2.18 bits per heavy atom. The van der Waals surface area contributed by atoms with Crippen molar-refractivity contribution in [2.75, 3.05) is 24.6 Å². The van der Waals surface area contributed by atoms with Gasteiger partial charge in [-0.1, -0.05) is 38.4 Å². The van der Waals surface area contributed by atoms with Gasteiger partial charge in [0.15, 0.2) is 0 Å². The first kappa shape index (κ1) is 37.3. The predicted octanol–water partition coefficient (Wildman–Crippen LogP) is 8.25. The summed E-state index contributed by atoms with van der Waals surface area (Å²) in [7, 11) is -2.00. The van der Waals surface area contributed by atoms with Gasteiger partial charge < -0.3 is 19.6 Å². The Bertz CT molecular complexity index is 2010. The van der Waals surface area contributed by atoms with E-state index in [2.05, 4.69) is 9.71 Å². The number of amides is 2. The van der Waals surface area contributed by atoms with Crippen LogP contribution in [0.25, 0.3) is 21.2 Å². The third-order valence-electron chi connectivity index (χ3n) is 8.58. The third kappa shape index (κ3) is 8.47. The van der Waals surface area contributed by atoms with Crippen molar-refractivity contribution in [1.29, 1.82) is 0 Å². The van der Waals surface area contributed by atoms with Gasteiger partial charge in [0, 0.05) is 42.5 Å². The van der Waals surface area contributed by atoms with Crippen LogP contribution in [0.2, 0.25) is 5.02 Å². The molecule has 2 amide bonds. The normalized spacial score (nSPS) is 16.6. The number of fused-ring (bicyclic) bond motifs is 1. The van der Waals surface area contributed by atoms with Crippen LogP contribution in [0.4, 0.5) is 19.4 Å². The Hall–Kier alpha value is -4.01. The van der Waals surface area contributed by atoms with E-state index in [9.17, 15) is 31.9 Å². The minimum absolute atomic E-state index is 0.000900. The number of ether oxygens (including phenoxy) is 1. The van der Waals surface area contributed by atoms with Gasteiger partial charge in [-0.15, -0.1) is 11.3 Å². The molecular weight excluding hydrogens is 710 g/mol. The summed E-state index contributed by atoms with van der Waals surface area (Å²) in [5.41, 5.74) is 1.78. The highest BCUT2D eigenvalue weighted by Gasteiger charge is 2.36. The zero-order chi connectivity index (χ0) is 36.5. The van der Waals surface area contributed by atoms with Crippen LogP contribution < -0.4 is 9.46 Å². The number of hydrogen-bond donors (Lipinski definition) is 2. The first-order valence-electron chi connectivity index (χ1n) is 15.9. The van der Waals surface area contributed by atoms with Crippen LogP contribution in [0.3, 0.4) is 0 Å². The number of carbonyl (C=O) groups is 2. The van der Waals surface area contributed by atoms with Crippen molar-refractivity contribution in [1.82, 2.24) is 14.8 Å². The zero-order valence-electron chi connectivity index (χ0n) is 28.3. The standard InChI is InChI=1S/C35H39ClF2N4O6S2/c1-35(2,3)19-42(34(44)45)24-10-8-23(9-11-24)41(33(43)32-30(36)29-25(37)12-13-26(38)31(29)49-32)18-22-16-20(6-14-27(22)48-4)21-7-15-28(39-17-21)40-50(5,46)47/h6-7,12-17,23-24H,8-11,18-19H2,1-5H3,(H,39,40)(H,44,45). The molecule has 5 rings (SSSR count). The molecule has 0 spiro atoms. The molecule has 2 aromatic carbocycles. The first-order valence-corrected chi connectivity index (χ1v) is 19.0. The van der Waals surface area contributed by atoms with Crippen molar-refractivity contribution in [3.63, 3.8) is 0 Å². The maximum atomic E-state index is 14.8. The van der Waals surface area contributed by atoms with E-state index < -0.39 is 33.7 Å². The number of methoxy groups -OCH3 is 1. The van der Waals surface area contributed by atoms with Gasteiger partial charge in [0.05, 0.1) is 28.5 Å². The van der Waals surface area contributed by atoms with Crippen molar-refractivity contribution < 1.29 is 36.6 Å². The Kier molecular flexibility index (Phi) is 10.9. The number of sulfonamides is 1. The van der Waals surface area contributed by atoms with E-state index in [1.165, 1.54) is 24.3 Å². The molecule has 4 aromatic rings. The SMILES string of the molecule is COc1ccc(-c2ccc(NS(C)(=O)=O)nc2)cc1CN(C(=O)c1sc2c(F)ccc(F)c2c1Cl)C1CCC(N(CC(C)(C)C)C(=O)O)CC1. The molecule has 0 aliphatic heterocycles. The number of benzene rings is 2. The summed E-state index contributed by atoms with van der Waals surface area (Å²) in [5, 5.41) is 9.71. The van der Waals surface area contributed by atoms with Gasteiger partial charge in [0.2, 0.25) is 10.0 Å². The summed E-state index contributed by atoms with van der Waals surface area (Å²) in [5.74, 6) is -1.27. The second-order valence-electron chi connectivity index (χ2n) is 13.7. The van der Waals surface area contributed by atoms with Crippen molar-refractivity contribution in [2.24, 2.45) is 5.41 Å². The number of carboxylic acid groups (broad SMARTS) is 1. The lowest BCUT2D eigenvalue weighted by Crippen LogP contribution is -2.49. The lowest BCUT2D eigenvalue weighted by molar-refractivity contribution is 0.0492. The fourth-order valence-corrected chi connectivity index (χ4v) is 8.36. The van der Waals surface area contributed by atoms with Crippen LogP contribution >= 0.6 is 22.9 Å². The van der Waals surface area contributed by atoms with Crippen LogP contribution in [0.15, 0.2) is 48.7 Å². The Labute approximate surface area is 299 Å². The quantitative estimate of drug-likeness (QED) is 0.167. The third-order valence-corrected chi connectivity index (χ3v) is 10.8. The molecule has 10 nitrogen and oxygen atoms in total. The highest BCUT2D eigenvalue weighted by atomic mass is 35.5. The number of thiophene rings is 1. The monoisotopic (exact) mass is 748 g/mol. The molecule has 0 saturated heterocycles. The summed E-state index contributed by atoms with van der Waals surface area (Å²) >= 11 is 7.40. The Balaban J connectivity index is 1.51. The van der Waals surface area contributed by atoms with Crippen LogP contribution in [-0.4, -0.2) is 72.3 Å².